The fourth-order valence-corrected chi connectivity index (χ4v) is 11.7. The highest BCUT2D eigenvalue weighted by Crippen LogP contribution is 2.58. The van der Waals surface area contributed by atoms with Crippen LogP contribution in [0.25, 0.3) is 21.3 Å². The first-order valence-corrected chi connectivity index (χ1v) is 22.9. The Labute approximate surface area is 354 Å². The molecule has 4 unspecified atom stereocenters. The SMILES string of the molecule is C.Cc1c(-c2ccc(N3CCc4cccc(C(=O)Nc5nc6ccccc6s5)c4C3)nc2C(=O)O)cnn1CC12CC(C)CC(C)(CC(OCCNCCP(=O)(O)O)C1)C2. The number of para-hydroxylation sites is 1. The van der Waals surface area contributed by atoms with Crippen LogP contribution in [0.3, 0.4) is 0 Å². The molecule has 1 amide bonds. The van der Waals surface area contributed by atoms with E-state index in [0.717, 1.165) is 64.7 Å². The second-order valence-electron chi connectivity index (χ2n) is 17.3. The standard InChI is InChI=1S/C43H52N7O7PS.CH4/c1-27-19-42(3)21-30(57-17-14-44-15-18-58(54,55)56)22-43(20-27,25-42)26-50-28(2)33(23-45-50)31-11-12-37(47-38(31)40(52)53)49-16-13-29-7-6-8-32(34(29)24-49)39(51)48-41-46-35-9-4-5-10-36(35)59-41;/h4-12,23,27,30,44H,13-22,24-26H2,1-3H3,(H,52,53)(H,46,48,51)(H2,54,55,56);1H4. The average Bonchev–Trinajstić information content (AvgIpc) is 3.75. The molecule has 5 aromatic rings. The van der Waals surface area contributed by atoms with Crippen molar-refractivity contribution in [1.29, 1.82) is 0 Å². The fourth-order valence-electron chi connectivity index (χ4n) is 10.3. The molecule has 14 nitrogen and oxygen atoms in total. The predicted octanol–water partition coefficient (Wildman–Crippen LogP) is 7.77. The number of nitrogens with zero attached hydrogens (tertiary/aromatic N) is 5. The van der Waals surface area contributed by atoms with E-state index in [1.165, 1.54) is 11.3 Å². The van der Waals surface area contributed by atoms with Crippen molar-refractivity contribution < 1.29 is 33.8 Å². The number of hydrogen-bond acceptors (Lipinski definition) is 10. The smallest absolute Gasteiger partial charge is 0.355 e. The van der Waals surface area contributed by atoms with Crippen LogP contribution in [0.15, 0.2) is 60.8 Å². The molecule has 8 rings (SSSR count). The first-order chi connectivity index (χ1) is 28.2. The summed E-state index contributed by atoms with van der Waals surface area (Å²) in [5.41, 5.74) is 5.48. The Morgan fingerprint density at radius 3 is 2.62 bits per heavy atom. The first-order valence-electron chi connectivity index (χ1n) is 20.3. The predicted molar refractivity (Wildman–Crippen MR) is 235 cm³/mol. The van der Waals surface area contributed by atoms with Gasteiger partial charge in [-0.2, -0.15) is 5.10 Å². The van der Waals surface area contributed by atoms with Gasteiger partial charge in [-0.3, -0.25) is 19.4 Å². The summed E-state index contributed by atoms with van der Waals surface area (Å²) in [7, 11) is -4.03. The van der Waals surface area contributed by atoms with Gasteiger partial charge in [0.05, 0.1) is 35.3 Å². The van der Waals surface area contributed by atoms with Crippen molar-refractivity contribution in [2.45, 2.75) is 85.9 Å². The molecule has 16 heteroatoms. The lowest BCUT2D eigenvalue weighted by Crippen LogP contribution is -2.49. The molecule has 4 heterocycles. The number of ether oxygens (including phenoxy) is 1. The summed E-state index contributed by atoms with van der Waals surface area (Å²) >= 11 is 1.43. The molecule has 0 saturated heterocycles. The third kappa shape index (κ3) is 9.51. The maximum atomic E-state index is 13.6. The second-order valence-corrected chi connectivity index (χ2v) is 20.1. The van der Waals surface area contributed by atoms with Crippen molar-refractivity contribution in [2.24, 2.45) is 16.7 Å². The molecule has 1 aliphatic heterocycles. The second kappa shape index (κ2) is 17.5. The summed E-state index contributed by atoms with van der Waals surface area (Å²) in [6.07, 6.45) is 7.36. The van der Waals surface area contributed by atoms with Gasteiger partial charge in [0.1, 0.15) is 5.82 Å². The van der Waals surface area contributed by atoms with E-state index in [1.54, 1.807) is 6.20 Å². The average molecular weight is 858 g/mol. The van der Waals surface area contributed by atoms with Crippen molar-refractivity contribution >= 4 is 52.0 Å². The highest BCUT2D eigenvalue weighted by atomic mass is 32.1. The van der Waals surface area contributed by atoms with Crippen LogP contribution >= 0.6 is 18.9 Å². The molecule has 2 saturated carbocycles. The number of carboxylic acid groups (broad SMARTS) is 1. The van der Waals surface area contributed by atoms with Gasteiger partial charge in [0.15, 0.2) is 10.8 Å². The molecule has 2 aliphatic carbocycles. The summed E-state index contributed by atoms with van der Waals surface area (Å²) in [6.45, 7) is 9.61. The van der Waals surface area contributed by atoms with Gasteiger partial charge in [0.2, 0.25) is 0 Å². The summed E-state index contributed by atoms with van der Waals surface area (Å²) in [6, 6.07) is 17.2. The summed E-state index contributed by atoms with van der Waals surface area (Å²) in [5.74, 6) is -0.289. The van der Waals surface area contributed by atoms with Crippen LogP contribution in [0.2, 0.25) is 0 Å². The number of benzene rings is 2. The molecule has 0 radical (unpaired) electrons. The molecule has 3 aromatic heterocycles. The van der Waals surface area contributed by atoms with Crippen LogP contribution in [-0.2, 0) is 28.8 Å². The normalized spacial score (nSPS) is 22.6. The van der Waals surface area contributed by atoms with Crippen molar-refractivity contribution in [3.8, 4) is 11.1 Å². The van der Waals surface area contributed by atoms with Gasteiger partial charge in [-0.1, -0.05) is 56.9 Å². The number of anilines is 2. The maximum absolute atomic E-state index is 13.6. The van der Waals surface area contributed by atoms with E-state index in [9.17, 15) is 19.3 Å². The minimum absolute atomic E-state index is 0. The molecule has 60 heavy (non-hydrogen) atoms. The first kappa shape index (κ1) is 43.6. The van der Waals surface area contributed by atoms with Gasteiger partial charge in [-0.15, -0.1) is 0 Å². The van der Waals surface area contributed by atoms with Crippen molar-refractivity contribution in [3.63, 3.8) is 0 Å². The molecule has 2 aromatic carbocycles. The Morgan fingerprint density at radius 2 is 1.83 bits per heavy atom. The number of fused-ring (bicyclic) bond motifs is 4. The number of aromatic nitrogens is 4. The Balaban J connectivity index is 0.00000544. The Kier molecular flexibility index (Phi) is 12.7. The lowest BCUT2D eigenvalue weighted by Gasteiger charge is -2.55. The van der Waals surface area contributed by atoms with Crippen LogP contribution in [0.1, 0.15) is 91.0 Å². The Bertz CT molecular complexity index is 2400. The van der Waals surface area contributed by atoms with Crippen LogP contribution in [0.5, 0.6) is 0 Å². The molecule has 320 valence electrons. The number of carbonyl (C=O) groups is 2. The molecular weight excluding hydrogens is 802 g/mol. The third-order valence-electron chi connectivity index (χ3n) is 12.3. The zero-order valence-electron chi connectivity index (χ0n) is 33.7. The number of pyridine rings is 1. The quantitative estimate of drug-likeness (QED) is 0.0539. The highest BCUT2D eigenvalue weighted by molar-refractivity contribution is 7.51. The van der Waals surface area contributed by atoms with E-state index in [2.05, 4.69) is 29.5 Å². The minimum Gasteiger partial charge on any atom is -0.476 e. The van der Waals surface area contributed by atoms with Gasteiger partial charge < -0.3 is 29.8 Å². The lowest BCUT2D eigenvalue weighted by atomic mass is 9.52. The zero-order chi connectivity index (χ0) is 41.5. The van der Waals surface area contributed by atoms with Crippen LogP contribution in [0.4, 0.5) is 10.9 Å². The van der Waals surface area contributed by atoms with Gasteiger partial charge >= 0.3 is 13.6 Å². The number of aromatic carboxylic acids is 1. The molecule has 3 aliphatic rings. The molecular formula is C44H56N7O7PS. The van der Waals surface area contributed by atoms with E-state index in [0.29, 0.717) is 67.2 Å². The third-order valence-corrected chi connectivity index (χ3v) is 14.1. The zero-order valence-corrected chi connectivity index (χ0v) is 35.4. The Hall–Kier alpha value is -4.50. The number of hydrogen-bond donors (Lipinski definition) is 5. The van der Waals surface area contributed by atoms with E-state index in [1.807, 2.05) is 71.1 Å². The number of carboxylic acids is 1. The number of carbonyl (C=O) groups excluding carboxylic acids is 1. The molecule has 5 N–H and O–H groups in total. The van der Waals surface area contributed by atoms with Crippen molar-refractivity contribution in [3.05, 3.63) is 88.9 Å². The molecule has 4 atom stereocenters. The van der Waals surface area contributed by atoms with Gasteiger partial charge in [0.25, 0.3) is 5.91 Å². The summed E-state index contributed by atoms with van der Waals surface area (Å²) in [5, 5.41) is 22.0. The molecule has 2 bridgehead atoms. The highest BCUT2D eigenvalue weighted by Gasteiger charge is 2.51. The largest absolute Gasteiger partial charge is 0.476 e. The fraction of sp³-hybridized carbons (Fsp3) is 0.477. The molecule has 2 fully saturated rings. The van der Waals surface area contributed by atoms with Crippen molar-refractivity contribution in [1.82, 2.24) is 25.1 Å². The summed E-state index contributed by atoms with van der Waals surface area (Å²) < 4.78 is 20.6. The monoisotopic (exact) mass is 857 g/mol. The van der Waals surface area contributed by atoms with Crippen LogP contribution in [-0.4, -0.2) is 85.0 Å². The van der Waals surface area contributed by atoms with E-state index >= 15 is 0 Å². The number of thiazole rings is 1. The van der Waals surface area contributed by atoms with E-state index < -0.39 is 13.6 Å². The topological polar surface area (TPSA) is 192 Å². The molecule has 0 spiro atoms. The maximum Gasteiger partial charge on any atom is 0.355 e. The number of amides is 1. The van der Waals surface area contributed by atoms with Gasteiger partial charge in [0, 0.05) is 55.1 Å². The van der Waals surface area contributed by atoms with Crippen LogP contribution < -0.4 is 15.5 Å². The number of rotatable bonds is 14. The van der Waals surface area contributed by atoms with E-state index in [4.69, 9.17) is 24.6 Å². The van der Waals surface area contributed by atoms with Gasteiger partial charge in [-0.05, 0) is 104 Å². The van der Waals surface area contributed by atoms with Crippen LogP contribution in [0, 0.1) is 23.7 Å². The lowest BCUT2D eigenvalue weighted by molar-refractivity contribution is -0.109. The Morgan fingerprint density at radius 1 is 1.02 bits per heavy atom. The summed E-state index contributed by atoms with van der Waals surface area (Å²) in [4.78, 5) is 56.1. The number of nitrogens with one attached hydrogen (secondary N) is 2. The van der Waals surface area contributed by atoms with Crippen molar-refractivity contribution in [2.75, 3.05) is 42.6 Å². The minimum atomic E-state index is -4.03. The van der Waals surface area contributed by atoms with Gasteiger partial charge in [-0.25, -0.2) is 14.8 Å². The van der Waals surface area contributed by atoms with E-state index in [-0.39, 0.29) is 48.7 Å².